The summed E-state index contributed by atoms with van der Waals surface area (Å²) in [6, 6.07) is 6.62. The van der Waals surface area contributed by atoms with Crippen molar-refractivity contribution in [2.45, 2.75) is 26.8 Å². The molecule has 17 heavy (non-hydrogen) atoms. The molecule has 1 unspecified atom stereocenters. The molecular formula is C14H18N2S. The van der Waals surface area contributed by atoms with E-state index in [4.69, 9.17) is 0 Å². The number of aryl methyl sites for hydroxylation is 2. The van der Waals surface area contributed by atoms with Crippen molar-refractivity contribution in [2.24, 2.45) is 0 Å². The minimum atomic E-state index is 0.272. The van der Waals surface area contributed by atoms with Gasteiger partial charge in [-0.25, -0.2) is 0 Å². The maximum atomic E-state index is 4.39. The Morgan fingerprint density at radius 1 is 1.35 bits per heavy atom. The van der Waals surface area contributed by atoms with Gasteiger partial charge in [-0.3, -0.25) is 4.98 Å². The van der Waals surface area contributed by atoms with E-state index in [0.29, 0.717) is 0 Å². The van der Waals surface area contributed by atoms with Crippen molar-refractivity contribution in [1.82, 2.24) is 10.3 Å². The second-order valence-electron chi connectivity index (χ2n) is 4.14. The van der Waals surface area contributed by atoms with Gasteiger partial charge in [-0.1, -0.05) is 13.0 Å². The first-order valence-corrected chi connectivity index (χ1v) is 6.81. The molecule has 0 fully saturated rings. The molecule has 2 aromatic rings. The summed E-state index contributed by atoms with van der Waals surface area (Å²) in [5.41, 5.74) is 3.73. The zero-order valence-corrected chi connectivity index (χ0v) is 11.3. The van der Waals surface area contributed by atoms with E-state index in [1.807, 2.05) is 23.6 Å². The number of aromatic nitrogens is 1. The molecule has 1 atom stereocenters. The van der Waals surface area contributed by atoms with Gasteiger partial charge >= 0.3 is 0 Å². The number of hydrogen-bond acceptors (Lipinski definition) is 3. The molecule has 0 aromatic carbocycles. The lowest BCUT2D eigenvalue weighted by Gasteiger charge is -2.19. The molecule has 2 rings (SSSR count). The number of rotatable bonds is 4. The van der Waals surface area contributed by atoms with E-state index in [1.54, 1.807) is 0 Å². The Morgan fingerprint density at radius 2 is 2.18 bits per heavy atom. The number of nitrogens with zero attached hydrogens (tertiary/aromatic N) is 1. The number of hydrogen-bond donors (Lipinski definition) is 1. The van der Waals surface area contributed by atoms with Crippen molar-refractivity contribution in [3.05, 3.63) is 51.5 Å². The van der Waals surface area contributed by atoms with E-state index in [9.17, 15) is 0 Å². The van der Waals surface area contributed by atoms with Crippen LogP contribution < -0.4 is 5.32 Å². The van der Waals surface area contributed by atoms with Crippen LogP contribution in [-0.2, 0) is 0 Å². The Labute approximate surface area is 107 Å². The Kier molecular flexibility index (Phi) is 3.92. The first-order valence-electron chi connectivity index (χ1n) is 5.93. The molecule has 90 valence electrons. The first kappa shape index (κ1) is 12.3. The minimum Gasteiger partial charge on any atom is -0.306 e. The van der Waals surface area contributed by atoms with Gasteiger partial charge in [0.25, 0.3) is 0 Å². The van der Waals surface area contributed by atoms with Gasteiger partial charge < -0.3 is 5.32 Å². The second-order valence-corrected chi connectivity index (χ2v) is 5.08. The lowest BCUT2D eigenvalue weighted by Crippen LogP contribution is -2.22. The van der Waals surface area contributed by atoms with Crippen LogP contribution in [0.3, 0.4) is 0 Å². The fourth-order valence-electron chi connectivity index (χ4n) is 2.03. The van der Waals surface area contributed by atoms with E-state index in [-0.39, 0.29) is 6.04 Å². The summed E-state index contributed by atoms with van der Waals surface area (Å²) in [5.74, 6) is 0. The van der Waals surface area contributed by atoms with Crippen LogP contribution in [0.25, 0.3) is 0 Å². The quantitative estimate of drug-likeness (QED) is 0.893. The number of thiophene rings is 1. The largest absolute Gasteiger partial charge is 0.306 e. The summed E-state index contributed by atoms with van der Waals surface area (Å²) < 4.78 is 0. The molecule has 0 spiro atoms. The molecule has 1 N–H and O–H groups in total. The van der Waals surface area contributed by atoms with E-state index in [0.717, 1.165) is 12.2 Å². The van der Waals surface area contributed by atoms with Crippen molar-refractivity contribution < 1.29 is 0 Å². The molecule has 2 aromatic heterocycles. The van der Waals surface area contributed by atoms with Gasteiger partial charge in [-0.15, -0.1) is 11.3 Å². The molecule has 3 heteroatoms. The van der Waals surface area contributed by atoms with Gasteiger partial charge in [-0.05, 0) is 49.0 Å². The van der Waals surface area contributed by atoms with Gasteiger partial charge in [0.15, 0.2) is 0 Å². The highest BCUT2D eigenvalue weighted by molar-refractivity contribution is 7.10. The van der Waals surface area contributed by atoms with Gasteiger partial charge in [-0.2, -0.15) is 0 Å². The fourth-order valence-corrected chi connectivity index (χ4v) is 3.05. The summed E-state index contributed by atoms with van der Waals surface area (Å²) in [6.07, 6.45) is 1.85. The molecule has 0 saturated carbocycles. The molecular weight excluding hydrogens is 228 g/mol. The van der Waals surface area contributed by atoms with E-state index >= 15 is 0 Å². The topological polar surface area (TPSA) is 24.9 Å². The summed E-state index contributed by atoms with van der Waals surface area (Å²) >= 11 is 1.81. The fraction of sp³-hybridized carbons (Fsp3) is 0.357. The van der Waals surface area contributed by atoms with Crippen LogP contribution in [0.5, 0.6) is 0 Å². The molecule has 2 heterocycles. The highest BCUT2D eigenvalue weighted by Gasteiger charge is 2.18. The molecule has 0 aliphatic heterocycles. The standard InChI is InChI=1S/C14H18N2S/c1-4-15-13(14-10(2)7-9-17-14)12-6-5-8-16-11(12)3/h5-9,13,15H,4H2,1-3H3. The summed E-state index contributed by atoms with van der Waals surface area (Å²) in [7, 11) is 0. The van der Waals surface area contributed by atoms with Crippen molar-refractivity contribution in [3.8, 4) is 0 Å². The van der Waals surface area contributed by atoms with Gasteiger partial charge in [0.2, 0.25) is 0 Å². The molecule has 2 nitrogen and oxygen atoms in total. The molecule has 0 bridgehead atoms. The van der Waals surface area contributed by atoms with Gasteiger partial charge in [0.1, 0.15) is 0 Å². The highest BCUT2D eigenvalue weighted by Crippen LogP contribution is 2.30. The van der Waals surface area contributed by atoms with Crippen molar-refractivity contribution >= 4 is 11.3 Å². The normalized spacial score (nSPS) is 12.6. The SMILES string of the molecule is CCNC(c1cccnc1C)c1sccc1C. The third-order valence-corrected chi connectivity index (χ3v) is 4.01. The monoisotopic (exact) mass is 246 g/mol. The van der Waals surface area contributed by atoms with Crippen LogP contribution in [0.15, 0.2) is 29.8 Å². The number of pyridine rings is 1. The molecule has 0 amide bonds. The lowest BCUT2D eigenvalue weighted by molar-refractivity contribution is 0.631. The van der Waals surface area contributed by atoms with Crippen LogP contribution in [0.2, 0.25) is 0 Å². The van der Waals surface area contributed by atoms with Crippen molar-refractivity contribution in [1.29, 1.82) is 0 Å². The lowest BCUT2D eigenvalue weighted by atomic mass is 10.0. The second kappa shape index (κ2) is 5.43. The molecule has 0 radical (unpaired) electrons. The van der Waals surface area contributed by atoms with Crippen LogP contribution >= 0.6 is 11.3 Å². The van der Waals surface area contributed by atoms with E-state index < -0.39 is 0 Å². The van der Waals surface area contributed by atoms with Crippen LogP contribution in [-0.4, -0.2) is 11.5 Å². The average Bonchev–Trinajstić information content (AvgIpc) is 2.74. The molecule has 0 aliphatic rings. The average molecular weight is 246 g/mol. The maximum absolute atomic E-state index is 4.39. The van der Waals surface area contributed by atoms with Crippen LogP contribution in [0, 0.1) is 13.8 Å². The maximum Gasteiger partial charge on any atom is 0.0691 e. The smallest absolute Gasteiger partial charge is 0.0691 e. The predicted octanol–water partition coefficient (Wildman–Crippen LogP) is 3.46. The van der Waals surface area contributed by atoms with Crippen LogP contribution in [0.4, 0.5) is 0 Å². The van der Waals surface area contributed by atoms with Gasteiger partial charge in [0, 0.05) is 16.8 Å². The summed E-state index contributed by atoms with van der Waals surface area (Å²) in [5, 5.41) is 5.71. The zero-order chi connectivity index (χ0) is 12.3. The summed E-state index contributed by atoms with van der Waals surface area (Å²) in [6.45, 7) is 7.34. The molecule has 0 saturated heterocycles. The predicted molar refractivity (Wildman–Crippen MR) is 73.5 cm³/mol. The third kappa shape index (κ3) is 2.56. The third-order valence-electron chi connectivity index (χ3n) is 2.93. The summed E-state index contributed by atoms with van der Waals surface area (Å²) in [4.78, 5) is 5.78. The first-order chi connectivity index (χ1) is 8.24. The Hall–Kier alpha value is -1.19. The van der Waals surface area contributed by atoms with E-state index in [1.165, 1.54) is 16.0 Å². The van der Waals surface area contributed by atoms with E-state index in [2.05, 4.69) is 48.6 Å². The van der Waals surface area contributed by atoms with Crippen molar-refractivity contribution in [2.75, 3.05) is 6.54 Å². The Balaban J connectivity index is 2.43. The minimum absolute atomic E-state index is 0.272. The zero-order valence-electron chi connectivity index (χ0n) is 10.5. The highest BCUT2D eigenvalue weighted by atomic mass is 32.1. The van der Waals surface area contributed by atoms with Crippen LogP contribution in [0.1, 0.15) is 34.7 Å². The molecule has 0 aliphatic carbocycles. The Bertz CT molecular complexity index is 490. The number of nitrogens with one attached hydrogen (secondary N) is 1. The van der Waals surface area contributed by atoms with Crippen molar-refractivity contribution in [3.63, 3.8) is 0 Å². The van der Waals surface area contributed by atoms with Gasteiger partial charge in [0.05, 0.1) is 6.04 Å². The Morgan fingerprint density at radius 3 is 2.76 bits per heavy atom.